The first-order valence-corrected chi connectivity index (χ1v) is 6.56. The first-order chi connectivity index (χ1) is 10.0. The topological polar surface area (TPSA) is 64.3 Å². The summed E-state index contributed by atoms with van der Waals surface area (Å²) in [6, 6.07) is 10.8. The Labute approximate surface area is 122 Å². The fraction of sp³-hybridized carbons (Fsp3) is 0.188. The van der Waals surface area contributed by atoms with Crippen molar-refractivity contribution < 1.29 is 13.9 Å². The molecule has 0 fully saturated rings. The van der Waals surface area contributed by atoms with E-state index in [2.05, 4.69) is 5.32 Å². The maximum atomic E-state index is 13.4. The number of amides is 1. The van der Waals surface area contributed by atoms with E-state index in [-0.39, 0.29) is 17.4 Å². The van der Waals surface area contributed by atoms with E-state index in [0.29, 0.717) is 17.1 Å². The summed E-state index contributed by atoms with van der Waals surface area (Å²) in [5, 5.41) is 3.03. The van der Waals surface area contributed by atoms with Gasteiger partial charge in [0.15, 0.2) is 0 Å². The van der Waals surface area contributed by atoms with Crippen molar-refractivity contribution in [2.45, 2.75) is 13.0 Å². The van der Waals surface area contributed by atoms with Crippen molar-refractivity contribution in [1.82, 2.24) is 5.32 Å². The van der Waals surface area contributed by atoms with Crippen LogP contribution in [0, 0.1) is 5.82 Å². The zero-order valence-electron chi connectivity index (χ0n) is 11.9. The molecule has 0 bridgehead atoms. The average Bonchev–Trinajstić information content (AvgIpc) is 2.48. The van der Waals surface area contributed by atoms with Gasteiger partial charge >= 0.3 is 0 Å². The number of carbonyl (C=O) groups is 1. The average molecular weight is 288 g/mol. The molecule has 1 atom stereocenters. The molecule has 0 aromatic heterocycles. The van der Waals surface area contributed by atoms with Gasteiger partial charge in [-0.05, 0) is 44.3 Å². The van der Waals surface area contributed by atoms with Crippen LogP contribution >= 0.6 is 0 Å². The summed E-state index contributed by atoms with van der Waals surface area (Å²) in [5.41, 5.74) is 6.27. The van der Waals surface area contributed by atoms with E-state index >= 15 is 0 Å². The number of carbonyl (C=O) groups excluding carboxylic acids is 1. The zero-order chi connectivity index (χ0) is 15.4. The van der Waals surface area contributed by atoms with Crippen LogP contribution in [0.15, 0.2) is 42.5 Å². The number of ether oxygens (including phenoxy) is 1. The van der Waals surface area contributed by atoms with Gasteiger partial charge in [-0.25, -0.2) is 4.39 Å². The van der Waals surface area contributed by atoms with Crippen LogP contribution in [0.3, 0.4) is 0 Å². The van der Waals surface area contributed by atoms with Crippen molar-refractivity contribution in [3.05, 3.63) is 59.4 Å². The molecular weight excluding hydrogens is 271 g/mol. The van der Waals surface area contributed by atoms with Crippen molar-refractivity contribution in [2.75, 3.05) is 7.05 Å². The Morgan fingerprint density at radius 1 is 1.24 bits per heavy atom. The summed E-state index contributed by atoms with van der Waals surface area (Å²) in [6.07, 6.45) is 0. The summed E-state index contributed by atoms with van der Waals surface area (Å²) in [6.45, 7) is 1.89. The van der Waals surface area contributed by atoms with Crippen molar-refractivity contribution in [1.29, 1.82) is 0 Å². The summed E-state index contributed by atoms with van der Waals surface area (Å²) in [7, 11) is 1.77. The molecule has 2 aromatic carbocycles. The Morgan fingerprint density at radius 2 is 1.95 bits per heavy atom. The molecule has 2 rings (SSSR count). The minimum atomic E-state index is -0.573. The number of halogens is 1. The van der Waals surface area contributed by atoms with Gasteiger partial charge in [0.2, 0.25) is 0 Å². The first kappa shape index (κ1) is 15.0. The third-order valence-electron chi connectivity index (χ3n) is 3.24. The summed E-state index contributed by atoms with van der Waals surface area (Å²) in [5.74, 6) is -0.0910. The lowest BCUT2D eigenvalue weighted by molar-refractivity contribution is 0.0998. The second kappa shape index (κ2) is 6.37. The molecule has 0 radical (unpaired) electrons. The van der Waals surface area contributed by atoms with Crippen LogP contribution < -0.4 is 15.8 Å². The van der Waals surface area contributed by atoms with Gasteiger partial charge in [-0.3, -0.25) is 4.79 Å². The number of benzene rings is 2. The SMILES string of the molecule is CNC(C)c1cc(F)ccc1Oc1ccccc1C(N)=O. The van der Waals surface area contributed by atoms with Crippen molar-refractivity contribution in [3.63, 3.8) is 0 Å². The van der Waals surface area contributed by atoms with Gasteiger partial charge in [-0.1, -0.05) is 12.1 Å². The number of para-hydroxylation sites is 1. The molecule has 0 aliphatic rings. The van der Waals surface area contributed by atoms with Gasteiger partial charge in [-0.2, -0.15) is 0 Å². The highest BCUT2D eigenvalue weighted by molar-refractivity contribution is 5.95. The molecule has 0 aliphatic carbocycles. The van der Waals surface area contributed by atoms with E-state index < -0.39 is 5.91 Å². The Morgan fingerprint density at radius 3 is 2.62 bits per heavy atom. The van der Waals surface area contributed by atoms with Crippen molar-refractivity contribution in [2.24, 2.45) is 5.73 Å². The number of primary amides is 1. The fourth-order valence-corrected chi connectivity index (χ4v) is 1.98. The van der Waals surface area contributed by atoms with Crippen LogP contribution in [0.1, 0.15) is 28.9 Å². The van der Waals surface area contributed by atoms with Gasteiger partial charge in [0, 0.05) is 11.6 Å². The molecule has 2 aromatic rings. The number of rotatable bonds is 5. The largest absolute Gasteiger partial charge is 0.456 e. The molecule has 0 saturated carbocycles. The molecule has 0 aliphatic heterocycles. The van der Waals surface area contributed by atoms with Crippen LogP contribution in [-0.2, 0) is 0 Å². The molecule has 21 heavy (non-hydrogen) atoms. The highest BCUT2D eigenvalue weighted by Crippen LogP contribution is 2.31. The van der Waals surface area contributed by atoms with Crippen LogP contribution in [0.25, 0.3) is 0 Å². The van der Waals surface area contributed by atoms with E-state index in [1.165, 1.54) is 18.2 Å². The molecule has 5 heteroatoms. The lowest BCUT2D eigenvalue weighted by Crippen LogP contribution is -2.14. The monoisotopic (exact) mass is 288 g/mol. The third-order valence-corrected chi connectivity index (χ3v) is 3.24. The normalized spacial score (nSPS) is 12.0. The van der Waals surface area contributed by atoms with E-state index in [0.717, 1.165) is 0 Å². The predicted molar refractivity (Wildman–Crippen MR) is 78.9 cm³/mol. The molecule has 0 spiro atoms. The van der Waals surface area contributed by atoms with E-state index in [1.54, 1.807) is 31.3 Å². The molecule has 0 heterocycles. The third kappa shape index (κ3) is 3.38. The van der Waals surface area contributed by atoms with Crippen LogP contribution in [0.5, 0.6) is 11.5 Å². The van der Waals surface area contributed by atoms with Crippen molar-refractivity contribution >= 4 is 5.91 Å². The second-order valence-corrected chi connectivity index (χ2v) is 4.65. The second-order valence-electron chi connectivity index (χ2n) is 4.65. The Hall–Kier alpha value is -2.40. The standard InChI is InChI=1S/C16H17FN2O2/c1-10(19-2)13-9-11(17)7-8-15(13)21-14-6-4-3-5-12(14)16(18)20/h3-10,19H,1-2H3,(H2,18,20). The Bertz CT molecular complexity index is 658. The number of hydrogen-bond donors (Lipinski definition) is 2. The van der Waals surface area contributed by atoms with Gasteiger partial charge < -0.3 is 15.8 Å². The summed E-state index contributed by atoms with van der Waals surface area (Å²) < 4.78 is 19.2. The van der Waals surface area contributed by atoms with E-state index in [1.807, 2.05) is 6.92 Å². The number of hydrogen-bond acceptors (Lipinski definition) is 3. The number of nitrogens with two attached hydrogens (primary N) is 1. The molecular formula is C16H17FN2O2. The lowest BCUT2D eigenvalue weighted by Gasteiger charge is -2.17. The molecule has 1 unspecified atom stereocenters. The fourth-order valence-electron chi connectivity index (χ4n) is 1.98. The molecule has 4 nitrogen and oxygen atoms in total. The maximum absolute atomic E-state index is 13.4. The van der Waals surface area contributed by atoms with Gasteiger partial charge in [0.25, 0.3) is 5.91 Å². The van der Waals surface area contributed by atoms with Crippen LogP contribution in [0.2, 0.25) is 0 Å². The molecule has 0 saturated heterocycles. The minimum Gasteiger partial charge on any atom is -0.456 e. The molecule has 3 N–H and O–H groups in total. The Kier molecular flexibility index (Phi) is 4.55. The quantitative estimate of drug-likeness (QED) is 0.889. The van der Waals surface area contributed by atoms with E-state index in [4.69, 9.17) is 10.5 Å². The van der Waals surface area contributed by atoms with Crippen LogP contribution in [-0.4, -0.2) is 13.0 Å². The highest BCUT2D eigenvalue weighted by Gasteiger charge is 2.15. The zero-order valence-corrected chi connectivity index (χ0v) is 11.9. The van der Waals surface area contributed by atoms with Crippen molar-refractivity contribution in [3.8, 4) is 11.5 Å². The summed E-state index contributed by atoms with van der Waals surface area (Å²) >= 11 is 0. The van der Waals surface area contributed by atoms with Gasteiger partial charge in [0.05, 0.1) is 5.56 Å². The first-order valence-electron chi connectivity index (χ1n) is 6.56. The molecule has 110 valence electrons. The highest BCUT2D eigenvalue weighted by atomic mass is 19.1. The van der Waals surface area contributed by atoms with Gasteiger partial charge in [-0.15, -0.1) is 0 Å². The molecule has 1 amide bonds. The Balaban J connectivity index is 2.43. The predicted octanol–water partition coefficient (Wildman–Crippen LogP) is 3.00. The van der Waals surface area contributed by atoms with E-state index in [9.17, 15) is 9.18 Å². The summed E-state index contributed by atoms with van der Waals surface area (Å²) in [4.78, 5) is 11.4. The maximum Gasteiger partial charge on any atom is 0.252 e. The number of nitrogens with one attached hydrogen (secondary N) is 1. The van der Waals surface area contributed by atoms with Gasteiger partial charge in [0.1, 0.15) is 17.3 Å². The smallest absolute Gasteiger partial charge is 0.252 e. The lowest BCUT2D eigenvalue weighted by atomic mass is 10.1. The minimum absolute atomic E-state index is 0.101. The van der Waals surface area contributed by atoms with Crippen LogP contribution in [0.4, 0.5) is 4.39 Å².